The molecule has 4 unspecified atom stereocenters. The smallest absolute Gasteiger partial charge is 0.190 e. The van der Waals surface area contributed by atoms with Gasteiger partial charge in [0.1, 0.15) is 24.4 Å². The molecule has 110 valence electrons. The van der Waals surface area contributed by atoms with Crippen LogP contribution in [0.25, 0.3) is 0 Å². The van der Waals surface area contributed by atoms with E-state index >= 15 is 0 Å². The fourth-order valence-electron chi connectivity index (χ4n) is 3.36. The first-order valence-corrected chi connectivity index (χ1v) is 7.02. The van der Waals surface area contributed by atoms with Crippen molar-refractivity contribution in [3.8, 4) is 0 Å². The van der Waals surface area contributed by atoms with Crippen LogP contribution in [0.4, 0.5) is 0 Å². The average molecular weight is 274 g/mol. The van der Waals surface area contributed by atoms with Crippen molar-refractivity contribution in [2.24, 2.45) is 0 Å². The van der Waals surface area contributed by atoms with Crippen molar-refractivity contribution in [3.63, 3.8) is 0 Å². The molecule has 3 aliphatic rings. The summed E-state index contributed by atoms with van der Waals surface area (Å²) in [6.07, 6.45) is 2.34. The van der Waals surface area contributed by atoms with Gasteiger partial charge in [-0.3, -0.25) is 0 Å². The van der Waals surface area contributed by atoms with Gasteiger partial charge in [-0.05, 0) is 12.8 Å². The second-order valence-electron chi connectivity index (χ2n) is 5.59. The normalized spacial score (nSPS) is 42.5. The summed E-state index contributed by atoms with van der Waals surface area (Å²) in [6.45, 7) is -0.366. The van der Waals surface area contributed by atoms with E-state index in [2.05, 4.69) is 0 Å². The third kappa shape index (κ3) is 2.30. The monoisotopic (exact) mass is 274 g/mol. The largest absolute Gasteiger partial charge is 0.394 e. The van der Waals surface area contributed by atoms with Gasteiger partial charge in [-0.2, -0.15) is 0 Å². The Bertz CT molecular complexity index is 316. The summed E-state index contributed by atoms with van der Waals surface area (Å²) in [5, 5.41) is 18.8. The van der Waals surface area contributed by atoms with Crippen molar-refractivity contribution in [3.05, 3.63) is 0 Å². The second-order valence-corrected chi connectivity index (χ2v) is 5.59. The van der Waals surface area contributed by atoms with Gasteiger partial charge >= 0.3 is 0 Å². The van der Waals surface area contributed by atoms with Crippen LogP contribution < -0.4 is 0 Å². The number of hydrogen-bond donors (Lipinski definition) is 2. The predicted molar refractivity (Wildman–Crippen MR) is 64.3 cm³/mol. The number of aliphatic hydroxyl groups excluding tert-OH is 2. The van der Waals surface area contributed by atoms with Crippen LogP contribution in [0.3, 0.4) is 0 Å². The fraction of sp³-hybridized carbons (Fsp3) is 1.00. The van der Waals surface area contributed by atoms with Crippen molar-refractivity contribution in [1.29, 1.82) is 0 Å². The van der Waals surface area contributed by atoms with Crippen LogP contribution in [-0.4, -0.2) is 60.4 Å². The summed E-state index contributed by atoms with van der Waals surface area (Å²) in [4.78, 5) is 0. The summed E-state index contributed by atoms with van der Waals surface area (Å²) >= 11 is 0. The number of rotatable bonds is 3. The third-order valence-corrected chi connectivity index (χ3v) is 4.34. The van der Waals surface area contributed by atoms with Crippen molar-refractivity contribution in [2.45, 2.75) is 68.6 Å². The summed E-state index contributed by atoms with van der Waals surface area (Å²) in [5.74, 6) is -0.528. The number of fused-ring (bicyclic) bond motifs is 1. The van der Waals surface area contributed by atoms with Gasteiger partial charge in [-0.25, -0.2) is 0 Å². The molecule has 2 heterocycles. The number of methoxy groups -OCH3 is 1. The van der Waals surface area contributed by atoms with Gasteiger partial charge in [-0.15, -0.1) is 0 Å². The van der Waals surface area contributed by atoms with Gasteiger partial charge in [0, 0.05) is 20.0 Å². The molecule has 5 atom stereocenters. The minimum atomic E-state index is -0.981. The summed E-state index contributed by atoms with van der Waals surface area (Å²) in [6, 6.07) is 0. The molecule has 6 heteroatoms. The molecule has 0 amide bonds. The zero-order valence-electron chi connectivity index (χ0n) is 11.2. The fourth-order valence-corrected chi connectivity index (χ4v) is 3.36. The second kappa shape index (κ2) is 5.27. The quantitative estimate of drug-likeness (QED) is 0.763. The highest BCUT2D eigenvalue weighted by molar-refractivity contribution is 4.98. The van der Waals surface area contributed by atoms with Crippen LogP contribution in [0.1, 0.15) is 32.1 Å². The molecular formula is C13H22O6. The van der Waals surface area contributed by atoms with E-state index in [9.17, 15) is 5.11 Å². The molecule has 1 aliphatic carbocycles. The van der Waals surface area contributed by atoms with E-state index in [0.29, 0.717) is 0 Å². The van der Waals surface area contributed by atoms with Gasteiger partial charge in [0.25, 0.3) is 0 Å². The molecule has 0 aromatic carbocycles. The number of hydrogen-bond acceptors (Lipinski definition) is 6. The highest BCUT2D eigenvalue weighted by Gasteiger charge is 2.59. The van der Waals surface area contributed by atoms with E-state index in [0.717, 1.165) is 25.7 Å². The summed E-state index contributed by atoms with van der Waals surface area (Å²) < 4.78 is 23.1. The lowest BCUT2D eigenvalue weighted by Gasteiger charge is -2.34. The molecule has 0 aromatic rings. The van der Waals surface area contributed by atoms with E-state index in [1.165, 1.54) is 6.42 Å². The lowest BCUT2D eigenvalue weighted by molar-refractivity contribution is -0.255. The van der Waals surface area contributed by atoms with E-state index < -0.39 is 30.4 Å². The Labute approximate surface area is 112 Å². The Balaban J connectivity index is 1.71. The summed E-state index contributed by atoms with van der Waals surface area (Å²) in [5.41, 5.74) is 0. The van der Waals surface area contributed by atoms with Crippen molar-refractivity contribution in [2.75, 3.05) is 13.7 Å². The van der Waals surface area contributed by atoms with E-state index in [4.69, 9.17) is 24.1 Å². The number of aliphatic hydroxyl groups is 2. The van der Waals surface area contributed by atoms with Crippen molar-refractivity contribution in [1.82, 2.24) is 0 Å². The molecule has 1 saturated carbocycles. The first-order chi connectivity index (χ1) is 9.19. The minimum absolute atomic E-state index is 0.325. The van der Waals surface area contributed by atoms with Crippen LogP contribution in [0, 0.1) is 0 Å². The van der Waals surface area contributed by atoms with E-state index in [1.807, 2.05) is 0 Å². The summed E-state index contributed by atoms with van der Waals surface area (Å²) in [7, 11) is 1.56. The zero-order chi connectivity index (χ0) is 13.5. The molecular weight excluding hydrogens is 252 g/mol. The maximum Gasteiger partial charge on any atom is 0.190 e. The Morgan fingerprint density at radius 2 is 2.00 bits per heavy atom. The van der Waals surface area contributed by atoms with Crippen molar-refractivity contribution >= 4 is 0 Å². The minimum Gasteiger partial charge on any atom is -0.394 e. The van der Waals surface area contributed by atoms with Crippen LogP contribution in [0.5, 0.6) is 0 Å². The highest BCUT2D eigenvalue weighted by Crippen LogP contribution is 2.45. The van der Waals surface area contributed by atoms with Crippen LogP contribution in [0.2, 0.25) is 0 Å². The molecule has 0 radical (unpaired) electrons. The van der Waals surface area contributed by atoms with Gasteiger partial charge in [0.2, 0.25) is 0 Å². The molecule has 0 aromatic heterocycles. The third-order valence-electron chi connectivity index (χ3n) is 4.34. The van der Waals surface area contributed by atoms with E-state index in [-0.39, 0.29) is 12.7 Å². The molecule has 3 rings (SSSR count). The molecule has 2 N–H and O–H groups in total. The first-order valence-electron chi connectivity index (χ1n) is 7.02. The Hall–Kier alpha value is -0.240. The highest BCUT2D eigenvalue weighted by atomic mass is 16.8. The Kier molecular flexibility index (Phi) is 3.81. The molecule has 0 bridgehead atoms. The number of ether oxygens (including phenoxy) is 4. The SMILES string of the molecule is COC1C2OC3(CCCCC3)OC2OC1[C@@H](O)CO. The van der Waals surface area contributed by atoms with Crippen LogP contribution >= 0.6 is 0 Å². The maximum absolute atomic E-state index is 9.75. The topological polar surface area (TPSA) is 77.4 Å². The molecule has 1 spiro atoms. The predicted octanol–water partition coefficient (Wildman–Crippen LogP) is 0.155. The standard InChI is InChI=1S/C13H22O6/c1-16-10-9(8(15)7-14)17-12-11(10)18-13(19-12)5-3-2-4-6-13/h8-12,14-15H,2-7H2,1H3/t8-,9?,10?,11?,12?/m0/s1. The lowest BCUT2D eigenvalue weighted by atomic mass is 9.94. The Morgan fingerprint density at radius 3 is 2.63 bits per heavy atom. The molecule has 2 aliphatic heterocycles. The first kappa shape index (κ1) is 13.7. The van der Waals surface area contributed by atoms with Gasteiger partial charge in [0.05, 0.1) is 6.61 Å². The van der Waals surface area contributed by atoms with E-state index in [1.54, 1.807) is 7.11 Å². The Morgan fingerprint density at radius 1 is 1.26 bits per heavy atom. The molecule has 3 fully saturated rings. The van der Waals surface area contributed by atoms with Gasteiger partial charge in [-0.1, -0.05) is 6.42 Å². The lowest BCUT2D eigenvalue weighted by Crippen LogP contribution is -2.44. The van der Waals surface area contributed by atoms with Gasteiger partial charge < -0.3 is 29.2 Å². The van der Waals surface area contributed by atoms with Gasteiger partial charge in [0.15, 0.2) is 12.1 Å². The maximum atomic E-state index is 9.75. The van der Waals surface area contributed by atoms with Crippen LogP contribution in [0.15, 0.2) is 0 Å². The zero-order valence-corrected chi connectivity index (χ0v) is 11.2. The molecule has 2 saturated heterocycles. The average Bonchev–Trinajstić information content (AvgIpc) is 2.92. The van der Waals surface area contributed by atoms with Crippen molar-refractivity contribution < 1.29 is 29.2 Å². The van der Waals surface area contributed by atoms with Crippen LogP contribution in [-0.2, 0) is 18.9 Å². The molecule has 19 heavy (non-hydrogen) atoms. The molecule has 6 nitrogen and oxygen atoms in total.